The third-order valence-corrected chi connectivity index (χ3v) is 7.20. The van der Waals surface area contributed by atoms with Crippen LogP contribution in [0.3, 0.4) is 0 Å². The first kappa shape index (κ1) is 27.0. The number of epoxide rings is 1. The van der Waals surface area contributed by atoms with Crippen molar-refractivity contribution in [2.24, 2.45) is 0 Å². The van der Waals surface area contributed by atoms with Gasteiger partial charge in [-0.25, -0.2) is 4.79 Å². The predicted molar refractivity (Wildman–Crippen MR) is 136 cm³/mol. The van der Waals surface area contributed by atoms with Gasteiger partial charge in [0.25, 0.3) is 0 Å². The van der Waals surface area contributed by atoms with Crippen LogP contribution in [0.2, 0.25) is 0 Å². The Morgan fingerprint density at radius 1 is 1.19 bits per heavy atom. The monoisotopic (exact) mass is 500 g/mol. The van der Waals surface area contributed by atoms with E-state index in [4.69, 9.17) is 18.9 Å². The zero-order valence-electron chi connectivity index (χ0n) is 21.2. The van der Waals surface area contributed by atoms with Gasteiger partial charge in [0.15, 0.2) is 0 Å². The van der Waals surface area contributed by atoms with Gasteiger partial charge in [0.05, 0.1) is 37.1 Å². The van der Waals surface area contributed by atoms with Crippen LogP contribution >= 0.6 is 0 Å². The minimum Gasteiger partial charge on any atom is -0.456 e. The van der Waals surface area contributed by atoms with E-state index < -0.39 is 24.3 Å². The van der Waals surface area contributed by atoms with Crippen molar-refractivity contribution < 1.29 is 34.0 Å². The van der Waals surface area contributed by atoms with Crippen molar-refractivity contribution in [3.05, 3.63) is 60.3 Å². The standard InChI is InChI=1S/C29H40O7/c1-19-6-3-7-21-8-4-9-22(34-21)10-5-11-28(32)35-26(18-27-29(36-27)25(31)17-19)24(30)13-12-23-16-20(2)14-15-33-23/h4-5,9,11-14,21-27,29-31H,1,3,6-8,10,15-18H2,2H3/b11-5+,13-12+/t21-,22+,23-,24+,25+,26+,27+,29+/m1/s1. The van der Waals surface area contributed by atoms with Gasteiger partial charge in [-0.05, 0) is 51.9 Å². The molecule has 1 saturated heterocycles. The number of aliphatic hydroxyl groups is 2. The molecule has 4 rings (SSSR count). The molecule has 36 heavy (non-hydrogen) atoms. The SMILES string of the molecule is C=C1CCC[C@@H]2CC=C[C@@H](C/C=C/C(=O)O[C@H]([C@@H](O)/C=C/[C@@H]3CC(C)=CCO3)C[C@@H]3O[C@H]3[C@@H](O)C1)O2. The van der Waals surface area contributed by atoms with Crippen LogP contribution in [0.25, 0.3) is 0 Å². The number of esters is 1. The van der Waals surface area contributed by atoms with Crippen LogP contribution in [-0.4, -0.2) is 71.6 Å². The second kappa shape index (κ2) is 13.0. The second-order valence-corrected chi connectivity index (χ2v) is 10.4. The summed E-state index contributed by atoms with van der Waals surface area (Å²) in [4.78, 5) is 12.6. The Kier molecular flexibility index (Phi) is 9.73. The van der Waals surface area contributed by atoms with Crippen LogP contribution in [0.4, 0.5) is 0 Å². The van der Waals surface area contributed by atoms with Crippen molar-refractivity contribution >= 4 is 5.97 Å². The van der Waals surface area contributed by atoms with Crippen LogP contribution in [-0.2, 0) is 23.7 Å². The fraction of sp³-hybridized carbons (Fsp3) is 0.621. The second-order valence-electron chi connectivity index (χ2n) is 10.4. The van der Waals surface area contributed by atoms with E-state index in [1.165, 1.54) is 11.6 Å². The molecule has 0 aromatic rings. The lowest BCUT2D eigenvalue weighted by Gasteiger charge is -2.25. The molecule has 4 heterocycles. The Hall–Kier alpha value is -2.03. The molecule has 0 radical (unpaired) electrons. The molecular weight excluding hydrogens is 460 g/mol. The first-order chi connectivity index (χ1) is 17.4. The van der Waals surface area contributed by atoms with E-state index in [-0.39, 0.29) is 30.5 Å². The van der Waals surface area contributed by atoms with Crippen LogP contribution in [0.5, 0.6) is 0 Å². The molecule has 0 aromatic heterocycles. The summed E-state index contributed by atoms with van der Waals surface area (Å²) < 4.78 is 23.2. The average molecular weight is 501 g/mol. The molecule has 2 bridgehead atoms. The lowest BCUT2D eigenvalue weighted by Crippen LogP contribution is -2.32. The van der Waals surface area contributed by atoms with Gasteiger partial charge in [0, 0.05) is 12.5 Å². The quantitative estimate of drug-likeness (QED) is 0.345. The van der Waals surface area contributed by atoms with Crippen molar-refractivity contribution in [3.63, 3.8) is 0 Å². The lowest BCUT2D eigenvalue weighted by molar-refractivity contribution is -0.148. The summed E-state index contributed by atoms with van der Waals surface area (Å²) in [5.41, 5.74) is 2.23. The smallest absolute Gasteiger partial charge is 0.330 e. The molecule has 8 atom stereocenters. The number of aliphatic hydroxyl groups excluding tert-OH is 2. The Morgan fingerprint density at radius 3 is 2.89 bits per heavy atom. The summed E-state index contributed by atoms with van der Waals surface area (Å²) in [6.45, 7) is 6.74. The van der Waals surface area contributed by atoms with Gasteiger partial charge in [-0.15, -0.1) is 0 Å². The molecule has 0 saturated carbocycles. The van der Waals surface area contributed by atoms with Gasteiger partial charge in [-0.3, -0.25) is 0 Å². The Morgan fingerprint density at radius 2 is 2.06 bits per heavy atom. The fourth-order valence-corrected chi connectivity index (χ4v) is 5.06. The van der Waals surface area contributed by atoms with Crippen molar-refractivity contribution in [3.8, 4) is 0 Å². The molecule has 7 nitrogen and oxygen atoms in total. The highest BCUT2D eigenvalue weighted by atomic mass is 16.6. The number of fused-ring (bicyclic) bond motifs is 3. The summed E-state index contributed by atoms with van der Waals surface area (Å²) in [5.74, 6) is -0.524. The van der Waals surface area contributed by atoms with Crippen LogP contribution in [0, 0.1) is 0 Å². The third kappa shape index (κ3) is 8.25. The van der Waals surface area contributed by atoms with Gasteiger partial charge < -0.3 is 29.2 Å². The zero-order chi connectivity index (χ0) is 25.5. The van der Waals surface area contributed by atoms with Gasteiger partial charge >= 0.3 is 5.97 Å². The molecule has 1 fully saturated rings. The van der Waals surface area contributed by atoms with Crippen molar-refractivity contribution in [2.45, 2.75) is 107 Å². The minimum atomic E-state index is -1.02. The van der Waals surface area contributed by atoms with Crippen LogP contribution in [0.1, 0.15) is 58.3 Å². The molecule has 4 aliphatic heterocycles. The average Bonchev–Trinajstić information content (AvgIpc) is 3.61. The summed E-state index contributed by atoms with van der Waals surface area (Å²) in [6.07, 6.45) is 15.3. The highest BCUT2D eigenvalue weighted by molar-refractivity contribution is 5.82. The summed E-state index contributed by atoms with van der Waals surface area (Å²) in [5, 5.41) is 21.5. The topological polar surface area (TPSA) is 97.8 Å². The maximum absolute atomic E-state index is 12.6. The Labute approximate surface area is 214 Å². The highest BCUT2D eigenvalue weighted by Gasteiger charge is 2.46. The first-order valence-corrected chi connectivity index (χ1v) is 13.2. The van der Waals surface area contributed by atoms with Gasteiger partial charge in [0.1, 0.15) is 18.3 Å². The summed E-state index contributed by atoms with van der Waals surface area (Å²) in [6, 6.07) is 0. The van der Waals surface area contributed by atoms with Gasteiger partial charge in [-0.2, -0.15) is 0 Å². The number of hydrogen-bond acceptors (Lipinski definition) is 7. The van der Waals surface area contributed by atoms with Crippen molar-refractivity contribution in [1.82, 2.24) is 0 Å². The largest absolute Gasteiger partial charge is 0.456 e. The number of rotatable bonds is 3. The summed E-state index contributed by atoms with van der Waals surface area (Å²) >= 11 is 0. The fourth-order valence-electron chi connectivity index (χ4n) is 5.06. The molecule has 0 unspecified atom stereocenters. The number of carbonyl (C=O) groups is 1. The molecular formula is C29H40O7. The van der Waals surface area contributed by atoms with Crippen LogP contribution < -0.4 is 0 Å². The zero-order valence-corrected chi connectivity index (χ0v) is 21.2. The molecule has 198 valence electrons. The Bertz CT molecular complexity index is 888. The molecule has 2 N–H and O–H groups in total. The maximum atomic E-state index is 12.6. The predicted octanol–water partition coefficient (Wildman–Crippen LogP) is 3.86. The number of ether oxygens (including phenoxy) is 4. The van der Waals surface area contributed by atoms with E-state index in [0.717, 1.165) is 37.7 Å². The normalized spacial score (nSPS) is 38.3. The molecule has 7 heteroatoms. The van der Waals surface area contributed by atoms with E-state index >= 15 is 0 Å². The van der Waals surface area contributed by atoms with E-state index in [0.29, 0.717) is 25.9 Å². The van der Waals surface area contributed by atoms with Crippen LogP contribution in [0.15, 0.2) is 60.3 Å². The van der Waals surface area contributed by atoms with Crippen molar-refractivity contribution in [1.29, 1.82) is 0 Å². The highest BCUT2D eigenvalue weighted by Crippen LogP contribution is 2.34. The lowest BCUT2D eigenvalue weighted by atomic mass is 9.97. The number of hydrogen-bond donors (Lipinski definition) is 2. The molecule has 0 amide bonds. The van der Waals surface area contributed by atoms with E-state index in [2.05, 4.69) is 19.6 Å². The first-order valence-electron chi connectivity index (χ1n) is 13.2. The van der Waals surface area contributed by atoms with E-state index in [1.54, 1.807) is 12.2 Å². The number of carbonyl (C=O) groups excluding carboxylic acids is 1. The van der Waals surface area contributed by atoms with Gasteiger partial charge in [-0.1, -0.05) is 54.2 Å². The van der Waals surface area contributed by atoms with Crippen molar-refractivity contribution in [2.75, 3.05) is 6.61 Å². The number of cyclic esters (lactones) is 1. The maximum Gasteiger partial charge on any atom is 0.330 e. The van der Waals surface area contributed by atoms with Gasteiger partial charge in [0.2, 0.25) is 0 Å². The molecule has 0 aliphatic carbocycles. The minimum absolute atomic E-state index is 0.0744. The molecule has 0 aromatic carbocycles. The third-order valence-electron chi connectivity index (χ3n) is 7.20. The molecule has 4 aliphatic rings. The van der Waals surface area contributed by atoms with E-state index in [1.807, 2.05) is 18.2 Å². The van der Waals surface area contributed by atoms with E-state index in [9.17, 15) is 15.0 Å². The Balaban J connectivity index is 1.43. The molecule has 0 spiro atoms. The summed E-state index contributed by atoms with van der Waals surface area (Å²) in [7, 11) is 0.